The summed E-state index contributed by atoms with van der Waals surface area (Å²) in [6.45, 7) is 1.85. The molecule has 3 aliphatic rings. The average Bonchev–Trinajstić information content (AvgIpc) is 2.99. The van der Waals surface area contributed by atoms with E-state index < -0.39 is 29.1 Å². The summed E-state index contributed by atoms with van der Waals surface area (Å²) in [5.74, 6) is -0.624. The Balaban J connectivity index is 1.63. The number of phenolic OH excluding ortho intramolecular Hbond substituents is 1. The maximum atomic E-state index is 13.6. The van der Waals surface area contributed by atoms with Crippen LogP contribution in [-0.2, 0) is 9.53 Å². The van der Waals surface area contributed by atoms with Gasteiger partial charge in [0, 0.05) is 16.1 Å². The molecule has 6 rings (SSSR count). The molecule has 33 heavy (non-hydrogen) atoms. The van der Waals surface area contributed by atoms with E-state index in [4.69, 9.17) is 37.7 Å². The van der Waals surface area contributed by atoms with E-state index in [1.165, 1.54) is 30.6 Å². The van der Waals surface area contributed by atoms with E-state index in [1.54, 1.807) is 10.6 Å². The quantitative estimate of drug-likeness (QED) is 0.544. The first-order chi connectivity index (χ1) is 15.7. The van der Waals surface area contributed by atoms with Crippen LogP contribution in [0.2, 0.25) is 10.0 Å². The summed E-state index contributed by atoms with van der Waals surface area (Å²) in [5, 5.41) is 10.8. The molecule has 0 amide bonds. The van der Waals surface area contributed by atoms with Crippen LogP contribution in [0.4, 0.5) is 0 Å². The molecule has 1 N–H and O–H groups in total. The molecule has 1 spiro atoms. The van der Waals surface area contributed by atoms with Crippen LogP contribution in [0.1, 0.15) is 24.1 Å². The van der Waals surface area contributed by atoms with Gasteiger partial charge in [0.05, 0.1) is 16.7 Å². The number of phenols is 1. The molecule has 1 saturated carbocycles. The number of thiazole rings is 1. The molecule has 1 aliphatic carbocycles. The van der Waals surface area contributed by atoms with Crippen molar-refractivity contribution in [1.82, 2.24) is 4.57 Å². The van der Waals surface area contributed by atoms with Gasteiger partial charge >= 0.3 is 5.97 Å². The molecule has 3 heterocycles. The highest BCUT2D eigenvalue weighted by Gasteiger charge is 2.88. The number of hydrogen-bond donors (Lipinski definition) is 1. The highest BCUT2D eigenvalue weighted by molar-refractivity contribution is 7.07. The number of esters is 1. The smallest absolute Gasteiger partial charge is 0.315 e. The van der Waals surface area contributed by atoms with Crippen molar-refractivity contribution in [2.45, 2.75) is 24.1 Å². The van der Waals surface area contributed by atoms with E-state index >= 15 is 0 Å². The Morgan fingerprint density at radius 3 is 2.85 bits per heavy atom. The zero-order chi connectivity index (χ0) is 23.3. The molecule has 0 unspecified atom stereocenters. The molecule has 2 aromatic carbocycles. The number of rotatable bonds is 2. The molecule has 10 heteroatoms. The predicted octanol–water partition coefficient (Wildman–Crippen LogP) is 2.67. The van der Waals surface area contributed by atoms with E-state index in [9.17, 15) is 14.7 Å². The number of ether oxygens (including phenoxy) is 2. The minimum Gasteiger partial charge on any atom is -0.506 e. The lowest BCUT2D eigenvalue weighted by atomic mass is 9.97. The minimum atomic E-state index is -1.04. The highest BCUT2D eigenvalue weighted by Crippen LogP contribution is 2.70. The third-order valence-electron chi connectivity index (χ3n) is 6.80. The van der Waals surface area contributed by atoms with E-state index in [1.807, 2.05) is 31.2 Å². The molecule has 0 saturated heterocycles. The molecule has 1 fully saturated rings. The van der Waals surface area contributed by atoms with Crippen molar-refractivity contribution in [2.24, 2.45) is 10.9 Å². The minimum absolute atomic E-state index is 0.0895. The van der Waals surface area contributed by atoms with Gasteiger partial charge in [0.25, 0.3) is 5.56 Å². The number of hydrogen-bond acceptors (Lipinski definition) is 7. The lowest BCUT2D eigenvalue weighted by Gasteiger charge is -2.26. The van der Waals surface area contributed by atoms with Gasteiger partial charge in [-0.3, -0.25) is 14.2 Å². The van der Waals surface area contributed by atoms with Crippen LogP contribution < -0.4 is 19.6 Å². The summed E-state index contributed by atoms with van der Waals surface area (Å²) in [6.07, 6.45) is 1.54. The SMILES string of the molecule is COC(=O)[C@H]1[C@]23Oc4ccccc4[C@@H]2n2c(s/c(=C\c4cc(Cl)cc(Cl)c4O)c2=O)=N[C@@]13C. The fourth-order valence-electron chi connectivity index (χ4n) is 5.30. The average molecular weight is 503 g/mol. The largest absolute Gasteiger partial charge is 0.506 e. The van der Waals surface area contributed by atoms with Gasteiger partial charge in [-0.1, -0.05) is 52.7 Å². The molecule has 2 aliphatic heterocycles. The van der Waals surface area contributed by atoms with Gasteiger partial charge in [-0.25, -0.2) is 4.99 Å². The maximum Gasteiger partial charge on any atom is 0.315 e. The molecule has 0 bridgehead atoms. The van der Waals surface area contributed by atoms with Crippen molar-refractivity contribution in [3.05, 3.63) is 77.3 Å². The summed E-state index contributed by atoms with van der Waals surface area (Å²) >= 11 is 13.3. The van der Waals surface area contributed by atoms with Crippen molar-refractivity contribution in [3.8, 4) is 11.5 Å². The molecule has 7 nitrogen and oxygen atoms in total. The van der Waals surface area contributed by atoms with Crippen LogP contribution in [0.15, 0.2) is 46.2 Å². The second kappa shape index (κ2) is 6.62. The summed E-state index contributed by atoms with van der Waals surface area (Å²) in [7, 11) is 1.33. The number of fused-ring (bicyclic) bond motifs is 4. The van der Waals surface area contributed by atoms with Gasteiger partial charge in [0.1, 0.15) is 29.0 Å². The monoisotopic (exact) mass is 502 g/mol. The van der Waals surface area contributed by atoms with Gasteiger partial charge in [-0.2, -0.15) is 0 Å². The fourth-order valence-corrected chi connectivity index (χ4v) is 6.90. The van der Waals surface area contributed by atoms with Crippen LogP contribution in [-0.4, -0.2) is 33.9 Å². The first kappa shape index (κ1) is 20.8. The third-order valence-corrected chi connectivity index (χ3v) is 8.29. The van der Waals surface area contributed by atoms with Crippen LogP contribution in [0.25, 0.3) is 6.08 Å². The van der Waals surface area contributed by atoms with Gasteiger partial charge in [-0.15, -0.1) is 0 Å². The molecule has 1 aromatic heterocycles. The topological polar surface area (TPSA) is 90.1 Å². The molecule has 4 atom stereocenters. The number of aromatic hydroxyl groups is 1. The van der Waals surface area contributed by atoms with Crippen molar-refractivity contribution in [3.63, 3.8) is 0 Å². The van der Waals surface area contributed by atoms with Crippen molar-refractivity contribution < 1.29 is 19.4 Å². The van der Waals surface area contributed by atoms with Crippen LogP contribution in [0, 0.1) is 5.92 Å². The van der Waals surface area contributed by atoms with E-state index in [-0.39, 0.29) is 16.3 Å². The zero-order valence-corrected chi connectivity index (χ0v) is 19.7. The Morgan fingerprint density at radius 2 is 2.09 bits per heavy atom. The molecule has 0 radical (unpaired) electrons. The van der Waals surface area contributed by atoms with Crippen molar-refractivity contribution >= 4 is 46.6 Å². The van der Waals surface area contributed by atoms with Gasteiger partial charge < -0.3 is 14.6 Å². The number of carbonyl (C=O) groups is 1. The number of halogens is 2. The van der Waals surface area contributed by atoms with E-state index in [0.29, 0.717) is 25.7 Å². The number of carbonyl (C=O) groups excluding carboxylic acids is 1. The summed E-state index contributed by atoms with van der Waals surface area (Å²) in [6, 6.07) is 9.85. The Labute approximate surface area is 201 Å². The Bertz CT molecular complexity index is 1560. The normalized spacial score (nSPS) is 28.7. The van der Waals surface area contributed by atoms with Gasteiger partial charge in [-0.05, 0) is 31.2 Å². The molecule has 168 valence electrons. The van der Waals surface area contributed by atoms with Gasteiger partial charge in [0.15, 0.2) is 10.4 Å². The summed E-state index contributed by atoms with van der Waals surface area (Å²) < 4.78 is 13.3. The van der Waals surface area contributed by atoms with Crippen molar-refractivity contribution in [2.75, 3.05) is 7.11 Å². The zero-order valence-electron chi connectivity index (χ0n) is 17.3. The molecule has 3 aromatic rings. The number of methoxy groups -OCH3 is 1. The maximum absolute atomic E-state index is 13.6. The first-order valence-electron chi connectivity index (χ1n) is 10.1. The third kappa shape index (κ3) is 2.48. The predicted molar refractivity (Wildman–Crippen MR) is 123 cm³/mol. The number of aromatic nitrogens is 1. The first-order valence-corrected chi connectivity index (χ1v) is 11.7. The number of nitrogens with zero attached hydrogens (tertiary/aromatic N) is 2. The lowest BCUT2D eigenvalue weighted by molar-refractivity contribution is -0.144. The van der Waals surface area contributed by atoms with E-state index in [2.05, 4.69) is 0 Å². The lowest BCUT2D eigenvalue weighted by Crippen LogP contribution is -2.47. The number of para-hydroxylation sites is 1. The molecular formula is C23H16Cl2N2O5S. The van der Waals surface area contributed by atoms with Crippen LogP contribution in [0.3, 0.4) is 0 Å². The standard InChI is InChI=1S/C23H16Cl2N2O5S/c1-22-17(20(30)31-2)23(22)18(12-5-3-4-6-14(12)32-23)27-19(29)15(33-21(27)26-22)8-10-7-11(24)9-13(25)16(10)28/h3-9,17-18,28H,1-2H3/b15-8-/t17-,18+,22+,23+/m1/s1. The van der Waals surface area contributed by atoms with Crippen LogP contribution in [0.5, 0.6) is 11.5 Å². The molecular weight excluding hydrogens is 487 g/mol. The summed E-state index contributed by atoms with van der Waals surface area (Å²) in [4.78, 5) is 31.6. The Morgan fingerprint density at radius 1 is 1.33 bits per heavy atom. The van der Waals surface area contributed by atoms with E-state index in [0.717, 1.165) is 5.56 Å². The highest BCUT2D eigenvalue weighted by atomic mass is 35.5. The van der Waals surface area contributed by atoms with Gasteiger partial charge in [0.2, 0.25) is 0 Å². The number of benzene rings is 2. The second-order valence-corrected chi connectivity index (χ2v) is 10.3. The second-order valence-electron chi connectivity index (χ2n) is 8.44. The van der Waals surface area contributed by atoms with Crippen LogP contribution >= 0.6 is 34.5 Å². The Kier molecular flexibility index (Phi) is 4.17. The fraction of sp³-hybridized carbons (Fsp3) is 0.261. The summed E-state index contributed by atoms with van der Waals surface area (Å²) in [5.41, 5.74) is -1.10. The Hall–Kier alpha value is -2.81. The van der Waals surface area contributed by atoms with Crippen molar-refractivity contribution in [1.29, 1.82) is 0 Å².